The van der Waals surface area contributed by atoms with Crippen LogP contribution >= 0.6 is 0 Å². The molecule has 6 heteroatoms. The third-order valence-electron chi connectivity index (χ3n) is 3.59. The Morgan fingerprint density at radius 3 is 2.89 bits per heavy atom. The second kappa shape index (κ2) is 4.77. The lowest BCUT2D eigenvalue weighted by Gasteiger charge is -2.20. The molecule has 2 aromatic heterocycles. The molecule has 19 heavy (non-hydrogen) atoms. The Bertz CT molecular complexity index is 586. The summed E-state index contributed by atoms with van der Waals surface area (Å²) in [4.78, 5) is 11.5. The molecule has 6 nitrogen and oxygen atoms in total. The number of rotatable bonds is 5. The van der Waals surface area contributed by atoms with Crippen LogP contribution in [0.5, 0.6) is 0 Å². The summed E-state index contributed by atoms with van der Waals surface area (Å²) < 4.78 is 1.75. The summed E-state index contributed by atoms with van der Waals surface area (Å²) in [6.45, 7) is 4.08. The fourth-order valence-corrected chi connectivity index (χ4v) is 2.46. The van der Waals surface area contributed by atoms with Crippen LogP contribution in [-0.2, 0) is 13.6 Å². The molecule has 0 aromatic carbocycles. The highest BCUT2D eigenvalue weighted by Crippen LogP contribution is 2.28. The van der Waals surface area contributed by atoms with Crippen LogP contribution in [0, 0.1) is 0 Å². The molecule has 0 saturated heterocycles. The predicted molar refractivity (Wildman–Crippen MR) is 74.4 cm³/mol. The highest BCUT2D eigenvalue weighted by molar-refractivity contribution is 5.84. The molecule has 0 aliphatic heterocycles. The van der Waals surface area contributed by atoms with Gasteiger partial charge in [0, 0.05) is 13.1 Å². The first kappa shape index (κ1) is 12.3. The Balaban J connectivity index is 1.89. The summed E-state index contributed by atoms with van der Waals surface area (Å²) in [5.41, 5.74) is 6.80. The van der Waals surface area contributed by atoms with Gasteiger partial charge in [-0.25, -0.2) is 9.97 Å². The van der Waals surface area contributed by atoms with Crippen LogP contribution in [0.3, 0.4) is 0 Å². The Hall–Kier alpha value is -1.69. The first-order valence-corrected chi connectivity index (χ1v) is 6.87. The average Bonchev–Trinajstić information content (AvgIpc) is 3.15. The van der Waals surface area contributed by atoms with E-state index in [1.165, 1.54) is 12.8 Å². The van der Waals surface area contributed by atoms with Gasteiger partial charge in [-0.1, -0.05) is 6.92 Å². The topological polar surface area (TPSA) is 72.9 Å². The Labute approximate surface area is 112 Å². The van der Waals surface area contributed by atoms with Crippen LogP contribution in [0.4, 0.5) is 5.82 Å². The van der Waals surface area contributed by atoms with Crippen molar-refractivity contribution in [3.8, 4) is 0 Å². The SMILES string of the molecule is CCCN(Cc1nc(N)c2cnn(C)c2n1)C1CC1. The maximum absolute atomic E-state index is 5.99. The molecule has 1 fully saturated rings. The number of hydrogen-bond acceptors (Lipinski definition) is 5. The smallest absolute Gasteiger partial charge is 0.163 e. The van der Waals surface area contributed by atoms with Gasteiger partial charge in [0.2, 0.25) is 0 Å². The number of hydrogen-bond donors (Lipinski definition) is 1. The van der Waals surface area contributed by atoms with E-state index in [1.807, 2.05) is 7.05 Å². The molecule has 1 aliphatic rings. The van der Waals surface area contributed by atoms with Crippen molar-refractivity contribution >= 4 is 16.9 Å². The van der Waals surface area contributed by atoms with Gasteiger partial charge in [0.05, 0.1) is 18.1 Å². The van der Waals surface area contributed by atoms with Gasteiger partial charge in [-0.3, -0.25) is 9.58 Å². The molecule has 0 amide bonds. The second-order valence-corrected chi connectivity index (χ2v) is 5.23. The van der Waals surface area contributed by atoms with Crippen LogP contribution in [0.1, 0.15) is 32.0 Å². The van der Waals surface area contributed by atoms with Gasteiger partial charge in [-0.05, 0) is 25.8 Å². The molecule has 0 unspecified atom stereocenters. The van der Waals surface area contributed by atoms with Crippen molar-refractivity contribution < 1.29 is 0 Å². The Kier molecular flexibility index (Phi) is 3.10. The Morgan fingerprint density at radius 2 is 2.21 bits per heavy atom. The zero-order chi connectivity index (χ0) is 13.4. The van der Waals surface area contributed by atoms with Crippen LogP contribution < -0.4 is 5.73 Å². The molecule has 1 aliphatic carbocycles. The fraction of sp³-hybridized carbons (Fsp3) is 0.615. The lowest BCUT2D eigenvalue weighted by atomic mass is 10.3. The number of nitrogens with zero attached hydrogens (tertiary/aromatic N) is 5. The predicted octanol–water partition coefficient (Wildman–Crippen LogP) is 1.32. The number of fused-ring (bicyclic) bond motifs is 1. The number of nitrogens with two attached hydrogens (primary N) is 1. The largest absolute Gasteiger partial charge is 0.383 e. The molecule has 0 spiro atoms. The van der Waals surface area contributed by atoms with Gasteiger partial charge < -0.3 is 5.73 Å². The van der Waals surface area contributed by atoms with E-state index in [-0.39, 0.29) is 0 Å². The van der Waals surface area contributed by atoms with Crippen LogP contribution in [0.2, 0.25) is 0 Å². The van der Waals surface area contributed by atoms with Crippen molar-refractivity contribution in [3.63, 3.8) is 0 Å². The normalized spacial score (nSPS) is 15.5. The minimum absolute atomic E-state index is 0.528. The van der Waals surface area contributed by atoms with Crippen LogP contribution in [0.15, 0.2) is 6.20 Å². The van der Waals surface area contributed by atoms with E-state index in [1.54, 1.807) is 10.9 Å². The van der Waals surface area contributed by atoms with E-state index in [2.05, 4.69) is 26.9 Å². The summed E-state index contributed by atoms with van der Waals surface area (Å²) in [5, 5.41) is 5.01. The molecule has 0 bridgehead atoms. The third-order valence-corrected chi connectivity index (χ3v) is 3.59. The maximum atomic E-state index is 5.99. The summed E-state index contributed by atoms with van der Waals surface area (Å²) in [7, 11) is 1.88. The van der Waals surface area contributed by atoms with Crippen molar-refractivity contribution in [1.29, 1.82) is 0 Å². The van der Waals surface area contributed by atoms with E-state index in [9.17, 15) is 0 Å². The Morgan fingerprint density at radius 1 is 1.42 bits per heavy atom. The van der Waals surface area contributed by atoms with Gasteiger partial charge in [-0.15, -0.1) is 0 Å². The first-order valence-electron chi connectivity index (χ1n) is 6.87. The van der Waals surface area contributed by atoms with E-state index in [0.717, 1.165) is 36.4 Å². The molecule has 1 saturated carbocycles. The zero-order valence-corrected chi connectivity index (χ0v) is 11.5. The lowest BCUT2D eigenvalue weighted by Crippen LogP contribution is -2.27. The lowest BCUT2D eigenvalue weighted by molar-refractivity contribution is 0.249. The fourth-order valence-electron chi connectivity index (χ4n) is 2.46. The van der Waals surface area contributed by atoms with E-state index < -0.39 is 0 Å². The molecule has 2 aromatic rings. The third kappa shape index (κ3) is 2.40. The highest BCUT2D eigenvalue weighted by atomic mass is 15.3. The van der Waals surface area contributed by atoms with Crippen LogP contribution in [-0.4, -0.2) is 37.2 Å². The second-order valence-electron chi connectivity index (χ2n) is 5.23. The number of anilines is 1. The first-order chi connectivity index (χ1) is 9.19. The monoisotopic (exact) mass is 260 g/mol. The minimum atomic E-state index is 0.528. The van der Waals surface area contributed by atoms with E-state index in [4.69, 9.17) is 5.73 Å². The van der Waals surface area contributed by atoms with Crippen molar-refractivity contribution in [2.45, 2.75) is 38.8 Å². The average molecular weight is 260 g/mol. The summed E-state index contributed by atoms with van der Waals surface area (Å²) in [6.07, 6.45) is 5.46. The number of nitrogen functional groups attached to an aromatic ring is 1. The molecule has 2 N–H and O–H groups in total. The quantitative estimate of drug-likeness (QED) is 0.877. The van der Waals surface area contributed by atoms with Gasteiger partial charge in [0.25, 0.3) is 0 Å². The van der Waals surface area contributed by atoms with Gasteiger partial charge >= 0.3 is 0 Å². The number of aromatic nitrogens is 4. The van der Waals surface area contributed by atoms with Crippen molar-refractivity contribution in [2.24, 2.45) is 7.05 Å². The minimum Gasteiger partial charge on any atom is -0.383 e. The molecular weight excluding hydrogens is 240 g/mol. The van der Waals surface area contributed by atoms with E-state index >= 15 is 0 Å². The summed E-state index contributed by atoms with van der Waals surface area (Å²) in [5.74, 6) is 1.33. The maximum Gasteiger partial charge on any atom is 0.163 e. The standard InChI is InChI=1S/C13H20N6/c1-3-6-19(9-4-5-9)8-11-16-12(14)10-7-15-18(2)13(10)17-11/h7,9H,3-6,8H2,1-2H3,(H2,14,16,17). The summed E-state index contributed by atoms with van der Waals surface area (Å²) in [6, 6.07) is 0.715. The van der Waals surface area contributed by atoms with Crippen molar-refractivity contribution in [2.75, 3.05) is 12.3 Å². The zero-order valence-electron chi connectivity index (χ0n) is 11.5. The summed E-state index contributed by atoms with van der Waals surface area (Å²) >= 11 is 0. The molecular formula is C13H20N6. The molecule has 3 rings (SSSR count). The van der Waals surface area contributed by atoms with Crippen LogP contribution in [0.25, 0.3) is 11.0 Å². The highest BCUT2D eigenvalue weighted by Gasteiger charge is 2.29. The van der Waals surface area contributed by atoms with E-state index in [0.29, 0.717) is 11.9 Å². The molecule has 0 atom stereocenters. The number of aryl methyl sites for hydroxylation is 1. The van der Waals surface area contributed by atoms with Gasteiger partial charge in [0.1, 0.15) is 11.6 Å². The van der Waals surface area contributed by atoms with Crippen molar-refractivity contribution in [3.05, 3.63) is 12.0 Å². The molecule has 0 radical (unpaired) electrons. The van der Waals surface area contributed by atoms with Crippen molar-refractivity contribution in [1.82, 2.24) is 24.6 Å². The van der Waals surface area contributed by atoms with Gasteiger partial charge in [0.15, 0.2) is 5.65 Å². The molecule has 2 heterocycles. The van der Waals surface area contributed by atoms with Gasteiger partial charge in [-0.2, -0.15) is 5.10 Å². The molecule has 102 valence electrons.